The van der Waals surface area contributed by atoms with Crippen LogP contribution in [0.5, 0.6) is 11.5 Å². The molecule has 1 aliphatic carbocycles. The summed E-state index contributed by atoms with van der Waals surface area (Å²) in [6.45, 7) is 3.89. The van der Waals surface area contributed by atoms with Gasteiger partial charge in [-0.05, 0) is 42.9 Å². The van der Waals surface area contributed by atoms with Crippen LogP contribution in [0.15, 0.2) is 18.2 Å². The van der Waals surface area contributed by atoms with Gasteiger partial charge in [0.05, 0.1) is 6.10 Å². The van der Waals surface area contributed by atoms with E-state index in [2.05, 4.69) is 6.92 Å². The van der Waals surface area contributed by atoms with E-state index in [-0.39, 0.29) is 5.41 Å². The smallest absolute Gasteiger partial charge is 0.161 e. The molecule has 0 bridgehead atoms. The average molecular weight is 291 g/mol. The van der Waals surface area contributed by atoms with Gasteiger partial charge < -0.3 is 20.3 Å². The molecule has 0 amide bonds. The van der Waals surface area contributed by atoms with E-state index in [9.17, 15) is 5.11 Å². The zero-order valence-electron chi connectivity index (χ0n) is 12.7. The summed E-state index contributed by atoms with van der Waals surface area (Å²) in [5.74, 6) is 2.17. The zero-order valence-corrected chi connectivity index (χ0v) is 12.7. The Labute approximate surface area is 126 Å². The molecule has 3 N–H and O–H groups in total. The second kappa shape index (κ2) is 5.85. The first-order chi connectivity index (χ1) is 10.2. The lowest BCUT2D eigenvalue weighted by Gasteiger charge is -2.34. The van der Waals surface area contributed by atoms with E-state index >= 15 is 0 Å². The van der Waals surface area contributed by atoms with Crippen LogP contribution in [0.2, 0.25) is 0 Å². The molecule has 1 aromatic carbocycles. The van der Waals surface area contributed by atoms with Gasteiger partial charge in [-0.3, -0.25) is 0 Å². The van der Waals surface area contributed by atoms with Gasteiger partial charge in [-0.25, -0.2) is 0 Å². The highest BCUT2D eigenvalue weighted by atomic mass is 16.6. The molecular formula is C17H25NO3. The number of fused-ring (bicyclic) bond motifs is 1. The molecule has 4 nitrogen and oxygen atoms in total. The molecule has 1 fully saturated rings. The lowest BCUT2D eigenvalue weighted by Crippen LogP contribution is -2.34. The van der Waals surface area contributed by atoms with Gasteiger partial charge in [0.2, 0.25) is 0 Å². The maximum atomic E-state index is 10.9. The summed E-state index contributed by atoms with van der Waals surface area (Å²) in [6.07, 6.45) is 3.80. The van der Waals surface area contributed by atoms with Gasteiger partial charge in [-0.1, -0.05) is 19.4 Å². The molecule has 2 aliphatic rings. The minimum atomic E-state index is -0.533. The fourth-order valence-electron chi connectivity index (χ4n) is 3.75. The highest BCUT2D eigenvalue weighted by Crippen LogP contribution is 2.51. The Kier molecular flexibility index (Phi) is 4.09. The van der Waals surface area contributed by atoms with E-state index in [1.807, 2.05) is 18.2 Å². The molecule has 21 heavy (non-hydrogen) atoms. The molecule has 0 radical (unpaired) electrons. The van der Waals surface area contributed by atoms with Crippen molar-refractivity contribution in [2.45, 2.75) is 38.7 Å². The van der Waals surface area contributed by atoms with Crippen molar-refractivity contribution in [3.8, 4) is 11.5 Å². The summed E-state index contributed by atoms with van der Waals surface area (Å²) in [7, 11) is 0. The predicted octanol–water partition coefficient (Wildman–Crippen LogP) is 2.65. The molecule has 0 saturated heterocycles. The molecular weight excluding hydrogens is 266 g/mol. The first-order valence-corrected chi connectivity index (χ1v) is 7.96. The van der Waals surface area contributed by atoms with Gasteiger partial charge in [0, 0.05) is 12.0 Å². The van der Waals surface area contributed by atoms with Gasteiger partial charge >= 0.3 is 0 Å². The molecule has 1 saturated carbocycles. The van der Waals surface area contributed by atoms with Gasteiger partial charge in [0.25, 0.3) is 0 Å². The number of nitrogens with two attached hydrogens (primary N) is 1. The lowest BCUT2D eigenvalue weighted by atomic mass is 9.76. The Morgan fingerprint density at radius 1 is 1.33 bits per heavy atom. The van der Waals surface area contributed by atoms with Crippen LogP contribution in [0, 0.1) is 11.3 Å². The Bertz CT molecular complexity index is 505. The monoisotopic (exact) mass is 291 g/mol. The number of rotatable bonds is 4. The summed E-state index contributed by atoms with van der Waals surface area (Å²) in [6, 6.07) is 5.74. The van der Waals surface area contributed by atoms with Crippen LogP contribution in [0.4, 0.5) is 0 Å². The second-order valence-electron chi connectivity index (χ2n) is 6.39. The fourth-order valence-corrected chi connectivity index (χ4v) is 3.75. The van der Waals surface area contributed by atoms with Crippen molar-refractivity contribution in [3.63, 3.8) is 0 Å². The molecule has 0 aromatic heterocycles. The summed E-state index contributed by atoms with van der Waals surface area (Å²) in [5.41, 5.74) is 6.75. The van der Waals surface area contributed by atoms with Gasteiger partial charge in [-0.2, -0.15) is 0 Å². The Morgan fingerprint density at radius 2 is 2.10 bits per heavy atom. The number of aliphatic hydroxyl groups excluding tert-OH is 1. The third-order valence-electron chi connectivity index (χ3n) is 5.19. The Morgan fingerprint density at radius 3 is 2.76 bits per heavy atom. The van der Waals surface area contributed by atoms with Crippen LogP contribution in [0.3, 0.4) is 0 Å². The maximum absolute atomic E-state index is 10.9. The topological polar surface area (TPSA) is 64.7 Å². The van der Waals surface area contributed by atoms with Crippen LogP contribution in [0.25, 0.3) is 0 Å². The standard InChI is InChI=1S/C17H25NO3/c1-2-12-5-6-17(10-12,11-18)16(19)13-3-4-14-15(9-13)21-8-7-20-14/h3-4,9,12,16,19H,2,5-8,10-11,18H2,1H3. The quantitative estimate of drug-likeness (QED) is 0.895. The number of hydrogen-bond donors (Lipinski definition) is 2. The van der Waals surface area contributed by atoms with Crippen LogP contribution in [-0.4, -0.2) is 24.9 Å². The average Bonchev–Trinajstić information content (AvgIpc) is 2.98. The molecule has 3 rings (SSSR count). The summed E-state index contributed by atoms with van der Waals surface area (Å²) < 4.78 is 11.2. The largest absolute Gasteiger partial charge is 0.486 e. The van der Waals surface area contributed by atoms with Gasteiger partial charge in [0.1, 0.15) is 13.2 Å². The fraction of sp³-hybridized carbons (Fsp3) is 0.647. The van der Waals surface area contributed by atoms with Gasteiger partial charge in [-0.15, -0.1) is 0 Å². The second-order valence-corrected chi connectivity index (χ2v) is 6.39. The summed E-state index contributed by atoms with van der Waals surface area (Å²) in [4.78, 5) is 0. The molecule has 3 atom stereocenters. The number of hydrogen-bond acceptors (Lipinski definition) is 4. The molecule has 3 unspecified atom stereocenters. The number of aliphatic hydroxyl groups is 1. The minimum absolute atomic E-state index is 0.190. The van der Waals surface area contributed by atoms with E-state index in [0.29, 0.717) is 25.7 Å². The molecule has 4 heteroatoms. The van der Waals surface area contributed by atoms with Crippen molar-refractivity contribution >= 4 is 0 Å². The molecule has 0 spiro atoms. The van der Waals surface area contributed by atoms with Crippen LogP contribution < -0.4 is 15.2 Å². The van der Waals surface area contributed by atoms with Gasteiger partial charge in [0.15, 0.2) is 11.5 Å². The zero-order chi connectivity index (χ0) is 14.9. The highest BCUT2D eigenvalue weighted by molar-refractivity contribution is 5.44. The third-order valence-corrected chi connectivity index (χ3v) is 5.19. The minimum Gasteiger partial charge on any atom is -0.486 e. The van der Waals surface area contributed by atoms with Crippen molar-refractivity contribution in [2.24, 2.45) is 17.1 Å². The van der Waals surface area contributed by atoms with Crippen LogP contribution in [0.1, 0.15) is 44.3 Å². The van der Waals surface area contributed by atoms with E-state index < -0.39 is 6.10 Å². The molecule has 1 heterocycles. The predicted molar refractivity (Wildman–Crippen MR) is 81.5 cm³/mol. The van der Waals surface area contributed by atoms with E-state index in [0.717, 1.165) is 42.7 Å². The Balaban J connectivity index is 1.85. The normalized spacial score (nSPS) is 29.4. The lowest BCUT2D eigenvalue weighted by molar-refractivity contribution is 0.0297. The maximum Gasteiger partial charge on any atom is 0.161 e. The van der Waals surface area contributed by atoms with Crippen LogP contribution in [-0.2, 0) is 0 Å². The van der Waals surface area contributed by atoms with Crippen molar-refractivity contribution in [1.82, 2.24) is 0 Å². The van der Waals surface area contributed by atoms with Crippen LogP contribution >= 0.6 is 0 Å². The summed E-state index contributed by atoms with van der Waals surface area (Å²) >= 11 is 0. The van der Waals surface area contributed by atoms with E-state index in [4.69, 9.17) is 15.2 Å². The molecule has 116 valence electrons. The third kappa shape index (κ3) is 2.62. The van der Waals surface area contributed by atoms with E-state index in [1.165, 1.54) is 0 Å². The van der Waals surface area contributed by atoms with Crippen molar-refractivity contribution in [3.05, 3.63) is 23.8 Å². The first kappa shape index (κ1) is 14.7. The summed E-state index contributed by atoms with van der Waals surface area (Å²) in [5, 5.41) is 10.9. The first-order valence-electron chi connectivity index (χ1n) is 7.96. The van der Waals surface area contributed by atoms with Crippen molar-refractivity contribution in [1.29, 1.82) is 0 Å². The SMILES string of the molecule is CCC1CCC(CN)(C(O)c2ccc3c(c2)OCCO3)C1. The van der Waals surface area contributed by atoms with E-state index in [1.54, 1.807) is 0 Å². The Hall–Kier alpha value is -1.26. The van der Waals surface area contributed by atoms with Crippen molar-refractivity contribution in [2.75, 3.05) is 19.8 Å². The van der Waals surface area contributed by atoms with Crippen molar-refractivity contribution < 1.29 is 14.6 Å². The highest BCUT2D eigenvalue weighted by Gasteiger charge is 2.43. The number of ether oxygens (including phenoxy) is 2. The number of benzene rings is 1. The molecule has 1 aromatic rings. The molecule has 1 aliphatic heterocycles.